The lowest BCUT2D eigenvalue weighted by molar-refractivity contribution is 0.232. The highest BCUT2D eigenvalue weighted by Gasteiger charge is 2.20. The molecular formula is C14H21BrN2S. The molecule has 1 fully saturated rings. The molecular weight excluding hydrogens is 308 g/mol. The zero-order chi connectivity index (χ0) is 12.4. The molecule has 2 aliphatic rings. The van der Waals surface area contributed by atoms with E-state index in [9.17, 15) is 0 Å². The van der Waals surface area contributed by atoms with Gasteiger partial charge >= 0.3 is 0 Å². The fraction of sp³-hybridized carbons (Fsp3) is 0.714. The van der Waals surface area contributed by atoms with Crippen molar-refractivity contribution in [1.82, 2.24) is 10.2 Å². The first kappa shape index (κ1) is 13.1. The fourth-order valence-corrected chi connectivity index (χ4v) is 4.80. The molecule has 1 atom stereocenters. The molecule has 1 aromatic heterocycles. The lowest BCUT2D eigenvalue weighted by atomic mass is 10.0. The SMILES string of the molecule is Brc1cc2c(s1)CCN(CCC1CCCCN1)C2. The molecule has 3 heterocycles. The second-order valence-corrected chi connectivity index (χ2v) is 7.98. The first-order chi connectivity index (χ1) is 8.81. The summed E-state index contributed by atoms with van der Waals surface area (Å²) in [5.41, 5.74) is 1.55. The average Bonchev–Trinajstić information content (AvgIpc) is 2.77. The normalized spacial score (nSPS) is 25.1. The van der Waals surface area contributed by atoms with Crippen LogP contribution in [0.1, 0.15) is 36.1 Å². The third-order valence-corrected chi connectivity index (χ3v) is 5.86. The number of fused-ring (bicyclic) bond motifs is 1. The van der Waals surface area contributed by atoms with E-state index in [2.05, 4.69) is 32.2 Å². The Kier molecular flexibility index (Phi) is 4.39. The van der Waals surface area contributed by atoms with Crippen molar-refractivity contribution >= 4 is 27.3 Å². The molecule has 1 unspecified atom stereocenters. The number of hydrogen-bond acceptors (Lipinski definition) is 3. The predicted octanol–water partition coefficient (Wildman–Crippen LogP) is 3.40. The van der Waals surface area contributed by atoms with Crippen LogP contribution in [0.2, 0.25) is 0 Å². The molecule has 1 N–H and O–H groups in total. The van der Waals surface area contributed by atoms with Gasteiger partial charge in [-0.3, -0.25) is 4.90 Å². The van der Waals surface area contributed by atoms with Crippen LogP contribution in [0.3, 0.4) is 0 Å². The summed E-state index contributed by atoms with van der Waals surface area (Å²) < 4.78 is 1.29. The zero-order valence-corrected chi connectivity index (χ0v) is 13.2. The van der Waals surface area contributed by atoms with Gasteiger partial charge in [0.05, 0.1) is 3.79 Å². The Labute approximate surface area is 122 Å². The van der Waals surface area contributed by atoms with Gasteiger partial charge in [0.1, 0.15) is 0 Å². The molecule has 2 aliphatic heterocycles. The molecule has 3 rings (SSSR count). The number of halogens is 1. The maximum Gasteiger partial charge on any atom is 0.0704 e. The van der Waals surface area contributed by atoms with Crippen molar-refractivity contribution in [2.45, 2.75) is 44.7 Å². The average molecular weight is 329 g/mol. The van der Waals surface area contributed by atoms with Gasteiger partial charge in [0.25, 0.3) is 0 Å². The van der Waals surface area contributed by atoms with E-state index in [0.29, 0.717) is 0 Å². The van der Waals surface area contributed by atoms with E-state index in [-0.39, 0.29) is 0 Å². The van der Waals surface area contributed by atoms with E-state index in [1.807, 2.05) is 11.3 Å². The third-order valence-electron chi connectivity index (χ3n) is 4.12. The Morgan fingerprint density at radius 2 is 2.39 bits per heavy atom. The lowest BCUT2D eigenvalue weighted by Gasteiger charge is -2.30. The first-order valence-corrected chi connectivity index (χ1v) is 8.65. The summed E-state index contributed by atoms with van der Waals surface area (Å²) in [7, 11) is 0. The Morgan fingerprint density at radius 1 is 1.44 bits per heavy atom. The van der Waals surface area contributed by atoms with Crippen LogP contribution in [0.15, 0.2) is 9.85 Å². The van der Waals surface area contributed by atoms with E-state index in [0.717, 1.165) is 12.6 Å². The van der Waals surface area contributed by atoms with Crippen LogP contribution in [0, 0.1) is 0 Å². The van der Waals surface area contributed by atoms with Gasteiger partial charge in [-0.2, -0.15) is 0 Å². The summed E-state index contributed by atoms with van der Waals surface area (Å²) in [6.45, 7) is 4.88. The van der Waals surface area contributed by atoms with Crippen LogP contribution in [0.5, 0.6) is 0 Å². The van der Waals surface area contributed by atoms with Gasteiger partial charge in [-0.1, -0.05) is 6.42 Å². The molecule has 0 amide bonds. The largest absolute Gasteiger partial charge is 0.314 e. The van der Waals surface area contributed by atoms with Gasteiger partial charge in [0.2, 0.25) is 0 Å². The van der Waals surface area contributed by atoms with E-state index in [1.54, 1.807) is 10.4 Å². The highest BCUT2D eigenvalue weighted by Crippen LogP contribution is 2.31. The molecule has 4 heteroatoms. The lowest BCUT2D eigenvalue weighted by Crippen LogP contribution is -2.38. The molecule has 0 spiro atoms. The molecule has 0 aromatic carbocycles. The Balaban J connectivity index is 1.50. The summed E-state index contributed by atoms with van der Waals surface area (Å²) in [4.78, 5) is 4.21. The molecule has 0 bridgehead atoms. The zero-order valence-electron chi connectivity index (χ0n) is 10.8. The quantitative estimate of drug-likeness (QED) is 0.914. The summed E-state index contributed by atoms with van der Waals surface area (Å²) in [5, 5.41) is 3.65. The van der Waals surface area contributed by atoms with Crippen LogP contribution >= 0.6 is 27.3 Å². The monoisotopic (exact) mass is 328 g/mol. The van der Waals surface area contributed by atoms with Crippen molar-refractivity contribution in [2.75, 3.05) is 19.6 Å². The number of nitrogens with zero attached hydrogens (tertiary/aromatic N) is 1. The number of thiophene rings is 1. The summed E-state index contributed by atoms with van der Waals surface area (Å²) in [5.74, 6) is 0. The van der Waals surface area contributed by atoms with Crippen molar-refractivity contribution in [3.8, 4) is 0 Å². The fourth-order valence-electron chi connectivity index (χ4n) is 3.05. The van der Waals surface area contributed by atoms with Crippen molar-refractivity contribution in [1.29, 1.82) is 0 Å². The van der Waals surface area contributed by atoms with Crippen molar-refractivity contribution in [2.24, 2.45) is 0 Å². The number of hydrogen-bond donors (Lipinski definition) is 1. The minimum Gasteiger partial charge on any atom is -0.314 e. The van der Waals surface area contributed by atoms with Crippen LogP contribution in [0.4, 0.5) is 0 Å². The molecule has 18 heavy (non-hydrogen) atoms. The van der Waals surface area contributed by atoms with E-state index < -0.39 is 0 Å². The maximum atomic E-state index is 3.65. The van der Waals surface area contributed by atoms with Gasteiger partial charge in [-0.15, -0.1) is 11.3 Å². The second kappa shape index (κ2) is 6.04. The van der Waals surface area contributed by atoms with Gasteiger partial charge in [-0.05, 0) is 66.3 Å². The second-order valence-electron chi connectivity index (χ2n) is 5.46. The highest BCUT2D eigenvalue weighted by atomic mass is 79.9. The standard InChI is InChI=1S/C14H21BrN2S/c15-14-9-11-10-17(8-5-13(11)18-14)7-4-12-3-1-2-6-16-12/h9,12,16H,1-8,10H2. The minimum absolute atomic E-state index is 0.773. The molecule has 0 radical (unpaired) electrons. The molecule has 1 aromatic rings. The van der Waals surface area contributed by atoms with Gasteiger partial charge < -0.3 is 5.32 Å². The third kappa shape index (κ3) is 3.16. The van der Waals surface area contributed by atoms with Gasteiger partial charge in [-0.25, -0.2) is 0 Å². The summed E-state index contributed by atoms with van der Waals surface area (Å²) in [6, 6.07) is 3.08. The molecule has 100 valence electrons. The highest BCUT2D eigenvalue weighted by molar-refractivity contribution is 9.11. The van der Waals surface area contributed by atoms with Crippen LogP contribution < -0.4 is 5.32 Å². The van der Waals surface area contributed by atoms with Gasteiger partial charge in [0.15, 0.2) is 0 Å². The van der Waals surface area contributed by atoms with Crippen LogP contribution in [0.25, 0.3) is 0 Å². The van der Waals surface area contributed by atoms with Crippen molar-refractivity contribution in [3.05, 3.63) is 20.3 Å². The topological polar surface area (TPSA) is 15.3 Å². The number of nitrogens with one attached hydrogen (secondary N) is 1. The van der Waals surface area contributed by atoms with Gasteiger partial charge in [0, 0.05) is 24.0 Å². The summed E-state index contributed by atoms with van der Waals surface area (Å²) in [6.07, 6.45) is 6.72. The van der Waals surface area contributed by atoms with Crippen LogP contribution in [-0.2, 0) is 13.0 Å². The Hall–Kier alpha value is 0.1000. The van der Waals surface area contributed by atoms with E-state index in [1.165, 1.54) is 55.5 Å². The molecule has 0 saturated carbocycles. The molecule has 2 nitrogen and oxygen atoms in total. The van der Waals surface area contributed by atoms with Crippen molar-refractivity contribution in [3.63, 3.8) is 0 Å². The Morgan fingerprint density at radius 3 is 3.22 bits per heavy atom. The Bertz CT molecular complexity index is 398. The van der Waals surface area contributed by atoms with E-state index in [4.69, 9.17) is 0 Å². The maximum absolute atomic E-state index is 3.65. The number of rotatable bonds is 3. The van der Waals surface area contributed by atoms with Crippen molar-refractivity contribution < 1.29 is 0 Å². The smallest absolute Gasteiger partial charge is 0.0704 e. The minimum atomic E-state index is 0.773. The number of piperidine rings is 1. The van der Waals surface area contributed by atoms with Crippen LogP contribution in [-0.4, -0.2) is 30.6 Å². The molecule has 0 aliphatic carbocycles. The van der Waals surface area contributed by atoms with E-state index >= 15 is 0 Å². The predicted molar refractivity (Wildman–Crippen MR) is 81.3 cm³/mol. The molecule has 1 saturated heterocycles. The summed E-state index contributed by atoms with van der Waals surface area (Å²) >= 11 is 5.52. The first-order valence-electron chi connectivity index (χ1n) is 7.04.